The fraction of sp³-hybridized carbons (Fsp3) is 0.500. The molecule has 0 radical (unpaired) electrons. The summed E-state index contributed by atoms with van der Waals surface area (Å²) in [4.78, 5) is 47.2. The SMILES string of the molecule is Cc1ncsc1CN(Cc1cccc2c1C(=O)N(C1CCC(=O)NC1=O)C2)CC1CCNC1. The second-order valence-electron chi connectivity index (χ2n) is 9.24. The number of aromatic nitrogens is 1. The van der Waals surface area contributed by atoms with Gasteiger partial charge in [-0.3, -0.25) is 24.6 Å². The quantitative estimate of drug-likeness (QED) is 0.604. The summed E-state index contributed by atoms with van der Waals surface area (Å²) in [6.07, 6.45) is 1.80. The molecule has 0 spiro atoms. The van der Waals surface area contributed by atoms with Gasteiger partial charge in [0.25, 0.3) is 5.91 Å². The smallest absolute Gasteiger partial charge is 0.255 e. The van der Waals surface area contributed by atoms with Gasteiger partial charge in [-0.25, -0.2) is 4.98 Å². The van der Waals surface area contributed by atoms with Gasteiger partial charge in [0.1, 0.15) is 6.04 Å². The molecular weight excluding hydrogens is 438 g/mol. The number of piperidine rings is 1. The van der Waals surface area contributed by atoms with Gasteiger partial charge in [0.05, 0.1) is 11.2 Å². The number of amides is 3. The number of imide groups is 1. The van der Waals surface area contributed by atoms with Crippen LogP contribution in [0.15, 0.2) is 23.7 Å². The lowest BCUT2D eigenvalue weighted by Crippen LogP contribution is -2.52. The molecule has 2 saturated heterocycles. The molecule has 2 atom stereocenters. The van der Waals surface area contributed by atoms with E-state index in [0.29, 0.717) is 25.4 Å². The topological polar surface area (TPSA) is 94.6 Å². The van der Waals surface area contributed by atoms with Gasteiger partial charge in [-0.05, 0) is 49.9 Å². The summed E-state index contributed by atoms with van der Waals surface area (Å²) in [6.45, 7) is 6.97. The summed E-state index contributed by atoms with van der Waals surface area (Å²) < 4.78 is 0. The third kappa shape index (κ3) is 4.58. The Morgan fingerprint density at radius 1 is 1.21 bits per heavy atom. The van der Waals surface area contributed by atoms with Crippen LogP contribution in [-0.2, 0) is 29.2 Å². The first-order valence-corrected chi connectivity index (χ1v) is 12.4. The highest BCUT2D eigenvalue weighted by atomic mass is 32.1. The summed E-state index contributed by atoms with van der Waals surface area (Å²) in [5, 5.41) is 5.83. The van der Waals surface area contributed by atoms with E-state index in [1.54, 1.807) is 16.2 Å². The number of carbonyl (C=O) groups is 3. The normalized spacial score (nSPS) is 22.8. The number of aryl methyl sites for hydroxylation is 1. The molecule has 0 aliphatic carbocycles. The van der Waals surface area contributed by atoms with Gasteiger partial charge in [0, 0.05) is 43.0 Å². The molecular formula is C24H29N5O3S. The van der Waals surface area contributed by atoms with Gasteiger partial charge in [0.15, 0.2) is 0 Å². The van der Waals surface area contributed by atoms with Gasteiger partial charge in [-0.15, -0.1) is 11.3 Å². The highest BCUT2D eigenvalue weighted by molar-refractivity contribution is 7.09. The summed E-state index contributed by atoms with van der Waals surface area (Å²) in [6, 6.07) is 5.42. The fourth-order valence-electron chi connectivity index (χ4n) is 5.16. The highest BCUT2D eigenvalue weighted by Crippen LogP contribution is 2.31. The van der Waals surface area contributed by atoms with Crippen molar-refractivity contribution < 1.29 is 14.4 Å². The van der Waals surface area contributed by atoms with Crippen molar-refractivity contribution in [2.75, 3.05) is 19.6 Å². The molecule has 4 heterocycles. The van der Waals surface area contributed by atoms with E-state index >= 15 is 0 Å². The van der Waals surface area contributed by atoms with E-state index in [9.17, 15) is 14.4 Å². The Labute approximate surface area is 197 Å². The Morgan fingerprint density at radius 3 is 2.82 bits per heavy atom. The molecule has 33 heavy (non-hydrogen) atoms. The maximum atomic E-state index is 13.5. The molecule has 8 nitrogen and oxygen atoms in total. The lowest BCUT2D eigenvalue weighted by Gasteiger charge is -2.29. The summed E-state index contributed by atoms with van der Waals surface area (Å²) in [5.74, 6) is -0.154. The minimum atomic E-state index is -0.587. The molecule has 2 unspecified atom stereocenters. The zero-order valence-electron chi connectivity index (χ0n) is 18.8. The van der Waals surface area contributed by atoms with E-state index in [-0.39, 0.29) is 24.1 Å². The van der Waals surface area contributed by atoms with Gasteiger partial charge < -0.3 is 10.2 Å². The number of thiazole rings is 1. The van der Waals surface area contributed by atoms with Crippen molar-refractivity contribution in [3.8, 4) is 0 Å². The number of rotatable bonds is 7. The molecule has 1 aromatic heterocycles. The van der Waals surface area contributed by atoms with Gasteiger partial charge >= 0.3 is 0 Å². The zero-order valence-corrected chi connectivity index (χ0v) is 19.6. The van der Waals surface area contributed by atoms with Crippen molar-refractivity contribution in [1.29, 1.82) is 0 Å². The molecule has 5 rings (SSSR count). The molecule has 3 amide bonds. The molecule has 174 valence electrons. The lowest BCUT2D eigenvalue weighted by molar-refractivity contribution is -0.136. The standard InChI is InChI=1S/C24H29N5O3S/c1-15-20(33-14-26-15)13-28(10-16-7-8-25-9-16)11-17-3-2-4-18-12-29(24(32)22(17)18)19-5-6-21(30)27-23(19)31/h2-4,14,16,19,25H,5-13H2,1H3,(H,27,30,31). The molecule has 2 N–H and O–H groups in total. The summed E-state index contributed by atoms with van der Waals surface area (Å²) in [5.41, 5.74) is 5.63. The van der Waals surface area contributed by atoms with Gasteiger partial charge in [0.2, 0.25) is 11.8 Å². The van der Waals surface area contributed by atoms with Crippen molar-refractivity contribution in [3.63, 3.8) is 0 Å². The van der Waals surface area contributed by atoms with Crippen LogP contribution in [-0.4, -0.2) is 58.2 Å². The molecule has 0 bridgehead atoms. The number of carbonyl (C=O) groups excluding carboxylic acids is 3. The van der Waals surface area contributed by atoms with Crippen LogP contribution >= 0.6 is 11.3 Å². The average molecular weight is 468 g/mol. The van der Waals surface area contributed by atoms with Gasteiger partial charge in [-0.2, -0.15) is 0 Å². The van der Waals surface area contributed by atoms with Crippen molar-refractivity contribution >= 4 is 29.1 Å². The predicted octanol–water partition coefficient (Wildman–Crippen LogP) is 1.82. The van der Waals surface area contributed by atoms with E-state index in [1.807, 2.05) is 30.6 Å². The highest BCUT2D eigenvalue weighted by Gasteiger charge is 2.40. The van der Waals surface area contributed by atoms with E-state index < -0.39 is 6.04 Å². The van der Waals surface area contributed by atoms with Crippen molar-refractivity contribution in [3.05, 3.63) is 51.0 Å². The predicted molar refractivity (Wildman–Crippen MR) is 124 cm³/mol. The Bertz CT molecular complexity index is 1080. The zero-order chi connectivity index (χ0) is 22.9. The van der Waals surface area contributed by atoms with E-state index in [0.717, 1.165) is 55.0 Å². The number of nitrogens with one attached hydrogen (secondary N) is 2. The van der Waals surface area contributed by atoms with E-state index in [4.69, 9.17) is 0 Å². The number of fused-ring (bicyclic) bond motifs is 1. The van der Waals surface area contributed by atoms with Crippen LogP contribution in [0.2, 0.25) is 0 Å². The number of benzene rings is 1. The third-order valence-electron chi connectivity index (χ3n) is 6.92. The van der Waals surface area contributed by atoms with Crippen LogP contribution in [0, 0.1) is 12.8 Å². The van der Waals surface area contributed by atoms with Crippen LogP contribution in [0.25, 0.3) is 0 Å². The Hall–Kier alpha value is -2.62. The molecule has 2 aromatic rings. The van der Waals surface area contributed by atoms with Crippen LogP contribution < -0.4 is 10.6 Å². The largest absolute Gasteiger partial charge is 0.322 e. The Morgan fingerprint density at radius 2 is 2.09 bits per heavy atom. The van der Waals surface area contributed by atoms with Crippen LogP contribution in [0.5, 0.6) is 0 Å². The monoisotopic (exact) mass is 467 g/mol. The molecule has 9 heteroatoms. The average Bonchev–Trinajstić information content (AvgIpc) is 3.51. The van der Waals surface area contributed by atoms with Crippen molar-refractivity contribution in [1.82, 2.24) is 25.4 Å². The maximum Gasteiger partial charge on any atom is 0.255 e. The summed E-state index contributed by atoms with van der Waals surface area (Å²) in [7, 11) is 0. The van der Waals surface area contributed by atoms with E-state index in [2.05, 4.69) is 20.5 Å². The first-order chi connectivity index (χ1) is 16.0. The van der Waals surface area contributed by atoms with Crippen molar-refractivity contribution in [2.24, 2.45) is 5.92 Å². The van der Waals surface area contributed by atoms with Crippen LogP contribution in [0.4, 0.5) is 0 Å². The van der Waals surface area contributed by atoms with Gasteiger partial charge in [-0.1, -0.05) is 18.2 Å². The third-order valence-corrected chi connectivity index (χ3v) is 7.84. The second kappa shape index (κ2) is 9.32. The number of hydrogen-bond donors (Lipinski definition) is 2. The Balaban J connectivity index is 1.38. The number of hydrogen-bond acceptors (Lipinski definition) is 7. The van der Waals surface area contributed by atoms with E-state index in [1.165, 1.54) is 4.88 Å². The first-order valence-electron chi connectivity index (χ1n) is 11.6. The molecule has 2 fully saturated rings. The lowest BCUT2D eigenvalue weighted by atomic mass is 10.0. The molecule has 3 aliphatic rings. The van der Waals surface area contributed by atoms with Crippen molar-refractivity contribution in [2.45, 2.75) is 51.9 Å². The number of nitrogens with zero attached hydrogens (tertiary/aromatic N) is 3. The molecule has 1 aromatic carbocycles. The molecule has 3 aliphatic heterocycles. The van der Waals surface area contributed by atoms with Crippen LogP contribution in [0.3, 0.4) is 0 Å². The fourth-order valence-corrected chi connectivity index (χ4v) is 5.98. The minimum Gasteiger partial charge on any atom is -0.322 e. The summed E-state index contributed by atoms with van der Waals surface area (Å²) >= 11 is 1.68. The second-order valence-corrected chi connectivity index (χ2v) is 10.2. The van der Waals surface area contributed by atoms with Crippen LogP contribution in [0.1, 0.15) is 51.3 Å². The molecule has 0 saturated carbocycles. The Kier molecular flexibility index (Phi) is 6.27. The maximum absolute atomic E-state index is 13.5. The minimum absolute atomic E-state index is 0.105. The first kappa shape index (κ1) is 22.2.